The Morgan fingerprint density at radius 1 is 0.647 bits per heavy atom. The molecule has 9 N–H and O–H groups in total. The summed E-state index contributed by atoms with van der Waals surface area (Å²) in [7, 11) is 3.68. The second-order valence-corrected chi connectivity index (χ2v) is 17.3. The Kier molecular flexibility index (Phi) is 12.3. The lowest BCUT2D eigenvalue weighted by Crippen LogP contribution is -2.13. The fourth-order valence-corrected chi connectivity index (χ4v) is 9.30. The van der Waals surface area contributed by atoms with Gasteiger partial charge in [0.25, 0.3) is 23.6 Å². The summed E-state index contributed by atoms with van der Waals surface area (Å²) in [5.41, 5.74) is 22.9. The van der Waals surface area contributed by atoms with Gasteiger partial charge in [-0.3, -0.25) is 28.5 Å². The van der Waals surface area contributed by atoms with Crippen molar-refractivity contribution in [2.24, 2.45) is 25.6 Å². The van der Waals surface area contributed by atoms with Gasteiger partial charge in [-0.15, -0.1) is 22.7 Å². The number of fused-ring (bicyclic) bond motifs is 2. The minimum atomic E-state index is -0.553. The number of primary amides is 2. The number of anilines is 2. The number of thiazole rings is 2. The van der Waals surface area contributed by atoms with E-state index < -0.39 is 11.8 Å². The van der Waals surface area contributed by atoms with Crippen LogP contribution in [0.2, 0.25) is 0 Å². The molecule has 0 aliphatic carbocycles. The summed E-state index contributed by atoms with van der Waals surface area (Å²) in [6.07, 6.45) is 11.1. The fourth-order valence-electron chi connectivity index (χ4n) is 8.24. The molecule has 0 radical (unpaired) electrons. The van der Waals surface area contributed by atoms with Gasteiger partial charge in [-0.25, -0.2) is 9.97 Å². The number of nitrogens with one attached hydrogen (secondary N) is 4. The molecular formula is C49H42N12O5S2. The lowest BCUT2D eigenvalue weighted by molar-refractivity contribution is 0.0993. The zero-order chi connectivity index (χ0) is 47.6. The number of aromatic nitrogens is 8. The lowest BCUT2D eigenvalue weighted by Gasteiger charge is -2.15. The molecular weight excluding hydrogens is 901 g/mol. The molecule has 10 aromatic rings. The molecule has 0 saturated heterocycles. The van der Waals surface area contributed by atoms with Crippen LogP contribution < -0.4 is 22.1 Å². The van der Waals surface area contributed by atoms with Crippen molar-refractivity contribution >= 4 is 79.5 Å². The van der Waals surface area contributed by atoms with E-state index in [-0.39, 0.29) is 18.4 Å². The molecule has 0 fully saturated rings. The SMILES string of the molecule is CCc1c(NC(=O)c2nccs2)cccc1-c1ccc(C(N)=O)c2[nH]c(-c3cnn(C)c3)cc12.Cn1cc(-c2cc3c(-c4cccc(NC(=O)c5nccs5)c4CO)ccc(C(N)=O)c3[nH]2)cn1. The molecule has 0 spiro atoms. The molecule has 340 valence electrons. The molecule has 4 aromatic carbocycles. The summed E-state index contributed by atoms with van der Waals surface area (Å²) >= 11 is 2.53. The zero-order valence-corrected chi connectivity index (χ0v) is 38.3. The van der Waals surface area contributed by atoms with Crippen LogP contribution in [0.3, 0.4) is 0 Å². The quantitative estimate of drug-likeness (QED) is 0.0623. The number of carbonyl (C=O) groups excluding carboxylic acids is 4. The standard InChI is InChI=1S/C25H22N6O2S.C24H20N6O3S/c1-3-15-16(5-4-6-20(15)30-24(33)25-27-9-10-34-25)17-7-8-18(23(26)32)22-19(17)11-21(29-22)14-12-28-31(2)13-14;1-30-11-13(10-27-30)20-9-17-15(5-6-16(22(25)32)21(17)28-20)14-3-2-4-19(18(14)12-31)29-23(33)24-26-7-8-34-24/h4-13,29H,3H2,1-2H3,(H2,26,32)(H,30,33);2-11,28,31H,12H2,1H3,(H2,25,32)(H,29,33). The number of hydrogen-bond donors (Lipinski definition) is 7. The number of aryl methyl sites for hydroxylation is 2. The molecule has 0 bridgehead atoms. The summed E-state index contributed by atoms with van der Waals surface area (Å²) in [4.78, 5) is 64.3. The van der Waals surface area contributed by atoms with E-state index in [0.29, 0.717) is 49.8 Å². The number of amides is 4. The van der Waals surface area contributed by atoms with Gasteiger partial charge >= 0.3 is 0 Å². The van der Waals surface area contributed by atoms with Crippen molar-refractivity contribution in [3.05, 3.63) is 153 Å². The summed E-state index contributed by atoms with van der Waals surface area (Å²) < 4.78 is 3.41. The van der Waals surface area contributed by atoms with Crippen LogP contribution in [-0.4, -0.2) is 68.2 Å². The van der Waals surface area contributed by atoms with Gasteiger partial charge in [0.2, 0.25) is 0 Å². The number of carbonyl (C=O) groups is 4. The molecule has 6 heterocycles. The Balaban J connectivity index is 0.000000170. The Bertz CT molecular complexity index is 3300. The van der Waals surface area contributed by atoms with Crippen LogP contribution in [0.1, 0.15) is 58.4 Å². The topological polar surface area (TPSA) is 258 Å². The molecule has 17 nitrogen and oxygen atoms in total. The normalized spacial score (nSPS) is 11.1. The summed E-state index contributed by atoms with van der Waals surface area (Å²) in [6.45, 7) is 1.74. The number of aliphatic hydroxyl groups excluding tert-OH is 1. The van der Waals surface area contributed by atoms with Gasteiger partial charge in [0.1, 0.15) is 0 Å². The second-order valence-electron chi connectivity index (χ2n) is 15.6. The van der Waals surface area contributed by atoms with Crippen LogP contribution >= 0.6 is 22.7 Å². The van der Waals surface area contributed by atoms with Crippen LogP contribution in [0.4, 0.5) is 11.4 Å². The third kappa shape index (κ3) is 8.66. The number of H-pyrrole nitrogens is 2. The molecule has 0 saturated carbocycles. The number of nitrogens with zero attached hydrogens (tertiary/aromatic N) is 6. The smallest absolute Gasteiger partial charge is 0.284 e. The van der Waals surface area contributed by atoms with Crippen molar-refractivity contribution < 1.29 is 24.3 Å². The minimum absolute atomic E-state index is 0.239. The number of hydrogen-bond acceptors (Lipinski definition) is 11. The van der Waals surface area contributed by atoms with Crippen molar-refractivity contribution in [1.82, 2.24) is 39.5 Å². The maximum absolute atomic E-state index is 12.7. The average molecular weight is 943 g/mol. The van der Waals surface area contributed by atoms with E-state index in [1.54, 1.807) is 75.2 Å². The molecule has 4 amide bonds. The van der Waals surface area contributed by atoms with Crippen LogP contribution in [-0.2, 0) is 27.1 Å². The number of benzene rings is 4. The first-order valence-corrected chi connectivity index (χ1v) is 22.8. The molecule has 0 aliphatic heterocycles. The van der Waals surface area contributed by atoms with Gasteiger partial charge in [0, 0.05) is 99.9 Å². The highest BCUT2D eigenvalue weighted by Gasteiger charge is 2.22. The van der Waals surface area contributed by atoms with Gasteiger partial charge in [0.15, 0.2) is 10.0 Å². The second kappa shape index (κ2) is 18.8. The highest BCUT2D eigenvalue weighted by atomic mass is 32.1. The predicted molar refractivity (Wildman–Crippen MR) is 264 cm³/mol. The number of aliphatic hydroxyl groups is 1. The predicted octanol–water partition coefficient (Wildman–Crippen LogP) is 8.14. The van der Waals surface area contributed by atoms with Crippen LogP contribution in [0, 0.1) is 0 Å². The van der Waals surface area contributed by atoms with Gasteiger partial charge < -0.3 is 37.2 Å². The maximum Gasteiger partial charge on any atom is 0.284 e. The number of nitrogens with two attached hydrogens (primary N) is 2. The third-order valence-electron chi connectivity index (χ3n) is 11.3. The third-order valence-corrected chi connectivity index (χ3v) is 12.9. The lowest BCUT2D eigenvalue weighted by atomic mass is 9.92. The Morgan fingerprint density at radius 3 is 1.49 bits per heavy atom. The molecule has 68 heavy (non-hydrogen) atoms. The van der Waals surface area contributed by atoms with E-state index in [9.17, 15) is 24.3 Å². The fraction of sp³-hybridized carbons (Fsp3) is 0.102. The van der Waals surface area contributed by atoms with Crippen molar-refractivity contribution in [2.45, 2.75) is 20.0 Å². The molecule has 0 atom stereocenters. The van der Waals surface area contributed by atoms with E-state index >= 15 is 0 Å². The van der Waals surface area contributed by atoms with Crippen molar-refractivity contribution in [3.8, 4) is 44.8 Å². The first-order valence-electron chi connectivity index (χ1n) is 21.1. The van der Waals surface area contributed by atoms with Gasteiger partial charge in [0.05, 0.1) is 41.2 Å². The van der Waals surface area contributed by atoms with Gasteiger partial charge in [-0.05, 0) is 70.6 Å². The highest BCUT2D eigenvalue weighted by Crippen LogP contribution is 2.40. The average Bonchev–Trinajstić information content (AvgIpc) is 4.20. The molecule has 10 rings (SSSR count). The molecule has 0 unspecified atom stereocenters. The Morgan fingerprint density at radius 2 is 1.10 bits per heavy atom. The summed E-state index contributed by atoms with van der Waals surface area (Å²) in [6, 6.07) is 22.2. The van der Waals surface area contributed by atoms with Crippen molar-refractivity contribution in [2.75, 3.05) is 10.6 Å². The monoisotopic (exact) mass is 942 g/mol. The Labute approximate surface area is 395 Å². The number of rotatable bonds is 12. The van der Waals surface area contributed by atoms with Crippen molar-refractivity contribution in [1.29, 1.82) is 0 Å². The first kappa shape index (κ1) is 44.7. The van der Waals surface area contributed by atoms with Crippen LogP contribution in [0.15, 0.2) is 121 Å². The van der Waals surface area contributed by atoms with E-state index in [1.165, 1.54) is 22.7 Å². The Hall–Kier alpha value is -8.52. The first-order chi connectivity index (χ1) is 32.9. The van der Waals surface area contributed by atoms with Crippen LogP contribution in [0.25, 0.3) is 66.6 Å². The van der Waals surface area contributed by atoms with Crippen molar-refractivity contribution in [3.63, 3.8) is 0 Å². The molecule has 19 heteroatoms. The highest BCUT2D eigenvalue weighted by molar-refractivity contribution is 7.12. The van der Waals surface area contributed by atoms with E-state index in [0.717, 1.165) is 66.8 Å². The largest absolute Gasteiger partial charge is 0.392 e. The van der Waals surface area contributed by atoms with E-state index in [4.69, 9.17) is 11.5 Å². The van der Waals surface area contributed by atoms with E-state index in [1.807, 2.05) is 75.9 Å². The summed E-state index contributed by atoms with van der Waals surface area (Å²) in [5.74, 6) is -1.65. The number of aromatic amines is 2. The maximum atomic E-state index is 12.7. The minimum Gasteiger partial charge on any atom is -0.392 e. The zero-order valence-electron chi connectivity index (χ0n) is 36.7. The van der Waals surface area contributed by atoms with E-state index in [2.05, 4.69) is 40.8 Å². The van der Waals surface area contributed by atoms with Gasteiger partial charge in [-0.1, -0.05) is 43.3 Å². The van der Waals surface area contributed by atoms with Gasteiger partial charge in [-0.2, -0.15) is 10.2 Å². The summed E-state index contributed by atoms with van der Waals surface area (Å²) in [5, 5.41) is 30.4. The molecule has 0 aliphatic rings. The van der Waals surface area contributed by atoms with Crippen LogP contribution in [0.5, 0.6) is 0 Å². The molecule has 6 aromatic heterocycles.